The van der Waals surface area contributed by atoms with Crippen LogP contribution in [0.5, 0.6) is 5.75 Å². The van der Waals surface area contributed by atoms with E-state index in [4.69, 9.17) is 22.1 Å². The summed E-state index contributed by atoms with van der Waals surface area (Å²) in [5.74, 6) is 1.14. The summed E-state index contributed by atoms with van der Waals surface area (Å²) >= 11 is 6.26. The number of methoxy groups -OCH3 is 1. The number of primary amides is 1. The van der Waals surface area contributed by atoms with Gasteiger partial charge in [0, 0.05) is 25.5 Å². The Morgan fingerprint density at radius 3 is 2.79 bits per heavy atom. The number of ether oxygens (including phenoxy) is 1. The van der Waals surface area contributed by atoms with E-state index in [1.807, 2.05) is 11.0 Å². The maximum Gasteiger partial charge on any atom is 0.254 e. The smallest absolute Gasteiger partial charge is 0.254 e. The number of aromatic nitrogens is 4. The van der Waals surface area contributed by atoms with Gasteiger partial charge in [-0.15, -0.1) is 0 Å². The number of anilines is 2. The molecule has 1 amide bonds. The molecule has 0 saturated carbocycles. The van der Waals surface area contributed by atoms with Crippen molar-refractivity contribution in [2.24, 2.45) is 5.73 Å². The van der Waals surface area contributed by atoms with Crippen LogP contribution in [0.1, 0.15) is 40.3 Å². The van der Waals surface area contributed by atoms with E-state index in [2.05, 4.69) is 25.3 Å². The third-order valence-electron chi connectivity index (χ3n) is 5.68. The van der Waals surface area contributed by atoms with Crippen molar-refractivity contribution in [3.8, 4) is 5.75 Å². The van der Waals surface area contributed by atoms with Crippen LogP contribution >= 0.6 is 11.6 Å². The van der Waals surface area contributed by atoms with E-state index >= 15 is 0 Å². The number of nitrogens with two attached hydrogens (primary N) is 1. The van der Waals surface area contributed by atoms with Gasteiger partial charge in [0.2, 0.25) is 5.95 Å². The summed E-state index contributed by atoms with van der Waals surface area (Å²) in [6.45, 7) is 1.03. The molecule has 1 aromatic carbocycles. The first-order valence-corrected chi connectivity index (χ1v) is 11.3. The molecule has 4 N–H and O–H groups in total. The Morgan fingerprint density at radius 1 is 1.32 bits per heavy atom. The number of nitrogens with zero attached hydrogens (tertiary/aromatic N) is 5. The van der Waals surface area contributed by atoms with Crippen molar-refractivity contribution in [1.29, 1.82) is 0 Å². The monoisotopic (exact) mass is 483 g/mol. The Bertz CT molecular complexity index is 1160. The van der Waals surface area contributed by atoms with E-state index in [9.17, 15) is 9.90 Å². The molecule has 2 aromatic heterocycles. The molecule has 0 spiro atoms. The Kier molecular flexibility index (Phi) is 7.39. The zero-order chi connectivity index (χ0) is 24.1. The van der Waals surface area contributed by atoms with E-state index in [1.54, 1.807) is 37.7 Å². The van der Waals surface area contributed by atoms with Gasteiger partial charge in [-0.3, -0.25) is 4.79 Å². The molecule has 11 heteroatoms. The molecule has 1 aliphatic heterocycles. The summed E-state index contributed by atoms with van der Waals surface area (Å²) in [4.78, 5) is 32.3. The van der Waals surface area contributed by atoms with Crippen LogP contribution < -0.4 is 20.7 Å². The average molecular weight is 484 g/mol. The molecule has 1 atom stereocenters. The van der Waals surface area contributed by atoms with Crippen molar-refractivity contribution in [3.63, 3.8) is 0 Å². The van der Waals surface area contributed by atoms with E-state index in [-0.39, 0.29) is 24.6 Å². The van der Waals surface area contributed by atoms with Crippen LogP contribution in [0.2, 0.25) is 5.02 Å². The van der Waals surface area contributed by atoms with Crippen molar-refractivity contribution in [2.75, 3.05) is 30.5 Å². The first-order chi connectivity index (χ1) is 16.5. The van der Waals surface area contributed by atoms with Crippen LogP contribution in [0.4, 0.5) is 11.8 Å². The lowest BCUT2D eigenvalue weighted by atomic mass is 10.1. The van der Waals surface area contributed by atoms with Gasteiger partial charge in [-0.2, -0.15) is 4.98 Å². The fourth-order valence-corrected chi connectivity index (χ4v) is 4.28. The van der Waals surface area contributed by atoms with Crippen LogP contribution in [0, 0.1) is 0 Å². The van der Waals surface area contributed by atoms with Crippen molar-refractivity contribution in [1.82, 2.24) is 19.9 Å². The lowest BCUT2D eigenvalue weighted by molar-refractivity contribution is 0.0999. The Morgan fingerprint density at radius 2 is 2.12 bits per heavy atom. The fourth-order valence-electron chi connectivity index (χ4n) is 4.00. The molecule has 0 bridgehead atoms. The summed E-state index contributed by atoms with van der Waals surface area (Å²) in [5.41, 5.74) is 7.23. The number of hydrogen-bond acceptors (Lipinski definition) is 9. The summed E-state index contributed by atoms with van der Waals surface area (Å²) in [6.07, 6.45) is 5.21. The summed E-state index contributed by atoms with van der Waals surface area (Å²) in [6, 6.07) is 7.04. The highest BCUT2D eigenvalue weighted by Gasteiger charge is 2.29. The highest BCUT2D eigenvalue weighted by atomic mass is 35.5. The van der Waals surface area contributed by atoms with E-state index in [0.29, 0.717) is 47.1 Å². The molecule has 0 aliphatic carbocycles. The van der Waals surface area contributed by atoms with Gasteiger partial charge in [-0.05, 0) is 36.6 Å². The quantitative estimate of drug-likeness (QED) is 0.417. The van der Waals surface area contributed by atoms with Crippen LogP contribution in [-0.2, 0) is 13.0 Å². The van der Waals surface area contributed by atoms with Crippen LogP contribution in [0.25, 0.3) is 0 Å². The van der Waals surface area contributed by atoms with Crippen molar-refractivity contribution >= 4 is 29.3 Å². The molecule has 0 unspecified atom stereocenters. The molecule has 3 aromatic rings. The van der Waals surface area contributed by atoms with Gasteiger partial charge in [0.15, 0.2) is 0 Å². The highest BCUT2D eigenvalue weighted by molar-refractivity contribution is 6.32. The number of nitrogens with one attached hydrogen (secondary N) is 1. The van der Waals surface area contributed by atoms with Gasteiger partial charge in [-0.1, -0.05) is 17.7 Å². The largest absolute Gasteiger partial charge is 0.495 e. The molecular weight excluding hydrogens is 458 g/mol. The maximum absolute atomic E-state index is 12.5. The van der Waals surface area contributed by atoms with E-state index in [0.717, 1.165) is 18.4 Å². The standard InChI is InChI=1S/C23H26ClN7O3/c1-34-18-6-5-14(10-16(18)24)12-28-22-20(21(25)33)17(11-19-26-7-3-8-27-19)29-23(30-22)31-9-2-4-15(31)13-32/h3,5-8,10,15,32H,2,4,9,11-13H2,1H3,(H2,25,33)(H,28,29,30)/t15-/m0/s1. The molecule has 10 nitrogen and oxygen atoms in total. The van der Waals surface area contributed by atoms with Crippen LogP contribution in [0.15, 0.2) is 36.7 Å². The molecule has 4 rings (SSSR count). The highest BCUT2D eigenvalue weighted by Crippen LogP contribution is 2.29. The number of aliphatic hydroxyl groups is 1. The minimum atomic E-state index is -0.659. The molecule has 3 heterocycles. The van der Waals surface area contributed by atoms with Crippen molar-refractivity contribution < 1.29 is 14.6 Å². The van der Waals surface area contributed by atoms with Gasteiger partial charge in [0.1, 0.15) is 23.0 Å². The lowest BCUT2D eigenvalue weighted by Gasteiger charge is -2.25. The van der Waals surface area contributed by atoms with Crippen LogP contribution in [-0.4, -0.2) is 57.3 Å². The predicted octanol–water partition coefficient (Wildman–Crippen LogP) is 2.19. The van der Waals surface area contributed by atoms with Gasteiger partial charge in [-0.25, -0.2) is 15.0 Å². The molecule has 1 saturated heterocycles. The van der Waals surface area contributed by atoms with Crippen molar-refractivity contribution in [3.05, 3.63) is 64.3 Å². The number of halogens is 1. The number of carbonyl (C=O) groups excluding carboxylic acids is 1. The zero-order valence-electron chi connectivity index (χ0n) is 18.7. The number of rotatable bonds is 9. The number of aliphatic hydroxyl groups excluding tert-OH is 1. The van der Waals surface area contributed by atoms with Gasteiger partial charge >= 0.3 is 0 Å². The molecule has 1 aliphatic rings. The number of hydrogen-bond donors (Lipinski definition) is 3. The summed E-state index contributed by atoms with van der Waals surface area (Å²) < 4.78 is 5.21. The minimum absolute atomic E-state index is 0.00876. The topological polar surface area (TPSA) is 139 Å². The first kappa shape index (κ1) is 23.7. The predicted molar refractivity (Wildman–Crippen MR) is 128 cm³/mol. The number of carbonyl (C=O) groups is 1. The van der Waals surface area contributed by atoms with Gasteiger partial charge < -0.3 is 25.8 Å². The summed E-state index contributed by atoms with van der Waals surface area (Å²) in [7, 11) is 1.55. The minimum Gasteiger partial charge on any atom is -0.495 e. The Balaban J connectivity index is 1.73. The molecular formula is C23H26ClN7O3. The number of benzene rings is 1. The zero-order valence-corrected chi connectivity index (χ0v) is 19.5. The second-order valence-corrected chi connectivity index (χ2v) is 8.30. The second kappa shape index (κ2) is 10.6. The SMILES string of the molecule is COc1ccc(CNc2nc(N3CCC[C@H]3CO)nc(Cc3ncccn3)c2C(N)=O)cc1Cl. The Hall–Kier alpha value is -3.50. The Labute approximate surface area is 202 Å². The van der Waals surface area contributed by atoms with E-state index < -0.39 is 5.91 Å². The normalized spacial score (nSPS) is 15.4. The fraction of sp³-hybridized carbons (Fsp3) is 0.348. The first-order valence-electron chi connectivity index (χ1n) is 10.9. The third-order valence-corrected chi connectivity index (χ3v) is 5.98. The molecule has 0 radical (unpaired) electrons. The average Bonchev–Trinajstić information content (AvgIpc) is 3.32. The van der Waals surface area contributed by atoms with Crippen LogP contribution in [0.3, 0.4) is 0 Å². The summed E-state index contributed by atoms with van der Waals surface area (Å²) in [5, 5.41) is 13.5. The second-order valence-electron chi connectivity index (χ2n) is 7.89. The van der Waals surface area contributed by atoms with Gasteiger partial charge in [0.05, 0.1) is 36.9 Å². The molecule has 1 fully saturated rings. The third kappa shape index (κ3) is 5.18. The maximum atomic E-state index is 12.5. The van der Waals surface area contributed by atoms with Crippen molar-refractivity contribution in [2.45, 2.75) is 31.8 Å². The lowest BCUT2D eigenvalue weighted by Crippen LogP contribution is -2.34. The van der Waals surface area contributed by atoms with Gasteiger partial charge in [0.25, 0.3) is 5.91 Å². The molecule has 178 valence electrons. The van der Waals surface area contributed by atoms with E-state index in [1.165, 1.54) is 0 Å². The molecule has 34 heavy (non-hydrogen) atoms. The number of amides is 1.